The van der Waals surface area contributed by atoms with Crippen molar-refractivity contribution in [3.63, 3.8) is 0 Å². The monoisotopic (exact) mass is 259 g/mol. The van der Waals surface area contributed by atoms with Crippen LogP contribution in [0.25, 0.3) is 0 Å². The molecule has 0 aromatic heterocycles. The van der Waals surface area contributed by atoms with Crippen LogP contribution in [-0.4, -0.2) is 30.6 Å². The zero-order chi connectivity index (χ0) is 13.8. The lowest BCUT2D eigenvalue weighted by Gasteiger charge is -2.22. The van der Waals surface area contributed by atoms with E-state index >= 15 is 0 Å². The minimum absolute atomic E-state index is 0.245. The molecule has 0 aliphatic carbocycles. The topological polar surface area (TPSA) is 29.5 Å². The lowest BCUT2D eigenvalue weighted by atomic mass is 9.92. The van der Waals surface area contributed by atoms with Gasteiger partial charge >= 0.3 is 5.97 Å². The molecule has 19 heavy (non-hydrogen) atoms. The fourth-order valence-corrected chi connectivity index (χ4v) is 2.65. The Morgan fingerprint density at radius 1 is 1.42 bits per heavy atom. The van der Waals surface area contributed by atoms with Gasteiger partial charge in [0.15, 0.2) is 0 Å². The summed E-state index contributed by atoms with van der Waals surface area (Å²) in [5.41, 5.74) is 2.38. The number of likely N-dealkylation sites (N-methyl/N-ethyl adjacent to an activating group) is 1. The standard InChI is InChI=1S/C16H21NO2/c1-4-19-16(18)11-14-10-15(12(2)17(14)3)13-8-6-5-7-9-13/h5-9,11-12,15H,4,10H2,1-3H3/b14-11-/t12-,15-/m1/s1. The first-order valence-electron chi connectivity index (χ1n) is 6.78. The number of hydrogen-bond donors (Lipinski definition) is 0. The third kappa shape index (κ3) is 2.98. The van der Waals surface area contributed by atoms with Gasteiger partial charge in [0.25, 0.3) is 0 Å². The van der Waals surface area contributed by atoms with Gasteiger partial charge in [-0.2, -0.15) is 0 Å². The van der Waals surface area contributed by atoms with E-state index in [1.165, 1.54) is 5.56 Å². The molecule has 0 radical (unpaired) electrons. The number of carbonyl (C=O) groups excluding carboxylic acids is 1. The maximum atomic E-state index is 11.6. The molecule has 1 saturated heterocycles. The third-order valence-electron chi connectivity index (χ3n) is 3.87. The summed E-state index contributed by atoms with van der Waals surface area (Å²) < 4.78 is 4.99. The van der Waals surface area contributed by atoms with Crippen LogP contribution in [0.1, 0.15) is 31.7 Å². The molecule has 1 aliphatic rings. The van der Waals surface area contributed by atoms with E-state index in [2.05, 4.69) is 36.1 Å². The largest absolute Gasteiger partial charge is 0.463 e. The van der Waals surface area contributed by atoms with Gasteiger partial charge < -0.3 is 9.64 Å². The summed E-state index contributed by atoms with van der Waals surface area (Å²) in [5, 5.41) is 0. The van der Waals surface area contributed by atoms with E-state index in [4.69, 9.17) is 4.74 Å². The van der Waals surface area contributed by atoms with Gasteiger partial charge in [-0.1, -0.05) is 30.3 Å². The van der Waals surface area contributed by atoms with Crippen molar-refractivity contribution in [2.75, 3.05) is 13.7 Å². The summed E-state index contributed by atoms with van der Waals surface area (Å²) in [4.78, 5) is 13.7. The Labute approximate surface area is 114 Å². The molecule has 0 saturated carbocycles. The molecule has 1 aromatic carbocycles. The van der Waals surface area contributed by atoms with Crippen LogP contribution in [0.4, 0.5) is 0 Å². The molecule has 1 aliphatic heterocycles. The van der Waals surface area contributed by atoms with Crippen molar-refractivity contribution in [3.8, 4) is 0 Å². The van der Waals surface area contributed by atoms with Crippen molar-refractivity contribution in [1.29, 1.82) is 0 Å². The molecule has 102 valence electrons. The smallest absolute Gasteiger partial charge is 0.332 e. The molecule has 3 nitrogen and oxygen atoms in total. The third-order valence-corrected chi connectivity index (χ3v) is 3.87. The number of allylic oxidation sites excluding steroid dienone is 1. The van der Waals surface area contributed by atoms with E-state index in [9.17, 15) is 4.79 Å². The number of benzene rings is 1. The van der Waals surface area contributed by atoms with Gasteiger partial charge in [-0.15, -0.1) is 0 Å². The second-order valence-corrected chi connectivity index (χ2v) is 4.96. The van der Waals surface area contributed by atoms with Crippen LogP contribution in [-0.2, 0) is 9.53 Å². The predicted octanol–water partition coefficient (Wildman–Crippen LogP) is 2.94. The summed E-state index contributed by atoms with van der Waals surface area (Å²) in [7, 11) is 2.04. The van der Waals surface area contributed by atoms with Crippen molar-refractivity contribution >= 4 is 5.97 Å². The van der Waals surface area contributed by atoms with E-state index in [1.54, 1.807) is 6.08 Å². The van der Waals surface area contributed by atoms with Gasteiger partial charge in [-0.05, 0) is 25.8 Å². The Hall–Kier alpha value is -1.77. The first kappa shape index (κ1) is 13.7. The van der Waals surface area contributed by atoms with Gasteiger partial charge in [-0.25, -0.2) is 4.79 Å². The number of rotatable bonds is 3. The summed E-state index contributed by atoms with van der Waals surface area (Å²) in [5.74, 6) is 0.192. The maximum Gasteiger partial charge on any atom is 0.332 e. The van der Waals surface area contributed by atoms with Crippen molar-refractivity contribution in [3.05, 3.63) is 47.7 Å². The van der Waals surface area contributed by atoms with Crippen LogP contribution in [0.2, 0.25) is 0 Å². The highest BCUT2D eigenvalue weighted by Gasteiger charge is 2.32. The van der Waals surface area contributed by atoms with Crippen molar-refractivity contribution in [2.45, 2.75) is 32.2 Å². The molecule has 0 bridgehead atoms. The van der Waals surface area contributed by atoms with E-state index < -0.39 is 0 Å². The Bertz CT molecular complexity index is 467. The number of ether oxygens (including phenoxy) is 1. The second-order valence-electron chi connectivity index (χ2n) is 4.96. The minimum Gasteiger partial charge on any atom is -0.463 e. The second kappa shape index (κ2) is 5.91. The highest BCUT2D eigenvalue weighted by Crippen LogP contribution is 2.38. The van der Waals surface area contributed by atoms with Gasteiger partial charge in [-0.3, -0.25) is 0 Å². The van der Waals surface area contributed by atoms with Crippen molar-refractivity contribution in [1.82, 2.24) is 4.90 Å². The molecule has 1 heterocycles. The first-order chi connectivity index (χ1) is 9.13. The van der Waals surface area contributed by atoms with E-state index in [1.807, 2.05) is 20.0 Å². The molecule has 1 fully saturated rings. The summed E-state index contributed by atoms with van der Waals surface area (Å²) in [6.07, 6.45) is 2.52. The molecular formula is C16H21NO2. The Balaban J connectivity index is 2.17. The SMILES string of the molecule is CCOC(=O)/C=C1/C[C@@H](c2ccccc2)[C@@H](C)N1C. The van der Waals surface area contributed by atoms with Crippen LogP contribution < -0.4 is 0 Å². The van der Waals surface area contributed by atoms with E-state index in [0.717, 1.165) is 12.1 Å². The van der Waals surface area contributed by atoms with Gasteiger partial charge in [0, 0.05) is 30.8 Å². The normalized spacial score (nSPS) is 24.8. The molecule has 0 N–H and O–H groups in total. The Kier molecular flexibility index (Phi) is 4.25. The average molecular weight is 259 g/mol. The van der Waals surface area contributed by atoms with Crippen LogP contribution in [0, 0.1) is 0 Å². The van der Waals surface area contributed by atoms with Crippen LogP contribution in [0.3, 0.4) is 0 Å². The highest BCUT2D eigenvalue weighted by molar-refractivity contribution is 5.82. The molecule has 2 atom stereocenters. The maximum absolute atomic E-state index is 11.6. The number of esters is 1. The quantitative estimate of drug-likeness (QED) is 0.617. The average Bonchev–Trinajstić information content (AvgIpc) is 2.68. The predicted molar refractivity (Wildman–Crippen MR) is 75.7 cm³/mol. The van der Waals surface area contributed by atoms with Crippen LogP contribution >= 0.6 is 0 Å². The minimum atomic E-state index is -0.245. The summed E-state index contributed by atoms with van der Waals surface area (Å²) in [6, 6.07) is 10.9. The molecular weight excluding hydrogens is 238 g/mol. The van der Waals surface area contributed by atoms with Crippen molar-refractivity contribution in [2.24, 2.45) is 0 Å². The summed E-state index contributed by atoms with van der Waals surface area (Å²) in [6.45, 7) is 4.44. The number of carbonyl (C=O) groups is 1. The highest BCUT2D eigenvalue weighted by atomic mass is 16.5. The fraction of sp³-hybridized carbons (Fsp3) is 0.438. The van der Waals surface area contributed by atoms with E-state index in [0.29, 0.717) is 18.6 Å². The van der Waals surface area contributed by atoms with Crippen LogP contribution in [0.15, 0.2) is 42.1 Å². The molecule has 0 spiro atoms. The van der Waals surface area contributed by atoms with Crippen molar-refractivity contribution < 1.29 is 9.53 Å². The van der Waals surface area contributed by atoms with Gasteiger partial charge in [0.05, 0.1) is 6.61 Å². The lowest BCUT2D eigenvalue weighted by molar-refractivity contribution is -0.137. The first-order valence-corrected chi connectivity index (χ1v) is 6.78. The number of likely N-dealkylation sites (tertiary alicyclic amines) is 1. The molecule has 2 rings (SSSR count). The fourth-order valence-electron chi connectivity index (χ4n) is 2.65. The Morgan fingerprint density at radius 3 is 2.74 bits per heavy atom. The van der Waals surface area contributed by atoms with Gasteiger partial charge in [0.2, 0.25) is 0 Å². The van der Waals surface area contributed by atoms with Crippen LogP contribution in [0.5, 0.6) is 0 Å². The lowest BCUT2D eigenvalue weighted by Crippen LogP contribution is -2.24. The zero-order valence-electron chi connectivity index (χ0n) is 11.8. The number of hydrogen-bond acceptors (Lipinski definition) is 3. The summed E-state index contributed by atoms with van der Waals surface area (Å²) >= 11 is 0. The molecule has 3 heteroatoms. The molecule has 1 aromatic rings. The molecule has 0 amide bonds. The number of nitrogens with zero attached hydrogens (tertiary/aromatic N) is 1. The molecule has 0 unspecified atom stereocenters. The van der Waals surface area contributed by atoms with E-state index in [-0.39, 0.29) is 5.97 Å². The van der Waals surface area contributed by atoms with Gasteiger partial charge in [0.1, 0.15) is 0 Å². The zero-order valence-corrected chi connectivity index (χ0v) is 11.8. The Morgan fingerprint density at radius 2 is 2.11 bits per heavy atom.